The molecule has 0 unspecified atom stereocenters. The molecule has 0 fully saturated rings. The number of alkyl halides is 3. The highest BCUT2D eigenvalue weighted by molar-refractivity contribution is 6.33. The van der Waals surface area contributed by atoms with Crippen LogP contribution in [-0.2, 0) is 6.18 Å². The summed E-state index contributed by atoms with van der Waals surface area (Å²) in [4.78, 5) is 7.35. The van der Waals surface area contributed by atoms with E-state index in [1.165, 1.54) is 18.3 Å². The van der Waals surface area contributed by atoms with E-state index in [4.69, 9.17) is 28.9 Å². The van der Waals surface area contributed by atoms with Gasteiger partial charge in [-0.3, -0.25) is 0 Å². The summed E-state index contributed by atoms with van der Waals surface area (Å²) in [7, 11) is 0. The Bertz CT molecular complexity index is 646. The van der Waals surface area contributed by atoms with Gasteiger partial charge >= 0.3 is 6.18 Å². The lowest BCUT2D eigenvalue weighted by Gasteiger charge is -2.15. The number of anilines is 3. The van der Waals surface area contributed by atoms with E-state index in [1.807, 2.05) is 0 Å². The van der Waals surface area contributed by atoms with Gasteiger partial charge in [-0.05, 0) is 18.2 Å². The van der Waals surface area contributed by atoms with Crippen molar-refractivity contribution in [1.29, 1.82) is 0 Å². The van der Waals surface area contributed by atoms with Crippen LogP contribution >= 0.6 is 23.2 Å². The van der Waals surface area contributed by atoms with Crippen LogP contribution in [0, 0.1) is 0 Å². The van der Waals surface area contributed by atoms with E-state index in [0.717, 1.165) is 6.07 Å². The van der Waals surface area contributed by atoms with Crippen molar-refractivity contribution in [2.45, 2.75) is 6.18 Å². The molecule has 0 spiro atoms. The second kappa shape index (κ2) is 5.34. The number of nitrogen functional groups attached to an aromatic ring is 1. The Hall–Kier alpha value is -1.73. The molecular weight excluding hydrogens is 316 g/mol. The first kappa shape index (κ1) is 14.7. The van der Waals surface area contributed by atoms with Crippen molar-refractivity contribution in [2.24, 2.45) is 0 Å². The van der Waals surface area contributed by atoms with Crippen LogP contribution in [0.2, 0.25) is 10.0 Å². The van der Waals surface area contributed by atoms with Crippen LogP contribution in [0.4, 0.5) is 30.6 Å². The topological polar surface area (TPSA) is 63.8 Å². The summed E-state index contributed by atoms with van der Waals surface area (Å²) in [5.41, 5.74) is 4.20. The molecule has 3 N–H and O–H groups in total. The molecule has 0 bridgehead atoms. The lowest BCUT2D eigenvalue weighted by Crippen LogP contribution is -2.10. The zero-order valence-corrected chi connectivity index (χ0v) is 11.2. The van der Waals surface area contributed by atoms with Crippen LogP contribution in [0.1, 0.15) is 5.56 Å². The van der Waals surface area contributed by atoms with Gasteiger partial charge in [-0.2, -0.15) is 18.2 Å². The summed E-state index contributed by atoms with van der Waals surface area (Å²) in [5.74, 6) is -0.133. The molecule has 0 amide bonds. The van der Waals surface area contributed by atoms with E-state index in [2.05, 4.69) is 15.3 Å². The fourth-order valence-corrected chi connectivity index (χ4v) is 1.77. The molecule has 1 aromatic heterocycles. The first-order valence-corrected chi connectivity index (χ1v) is 5.95. The SMILES string of the molecule is Nc1ncc(Cl)c(Nc2ccc(Cl)cc2C(F)(F)F)n1. The number of benzene rings is 1. The minimum atomic E-state index is -4.57. The number of aromatic nitrogens is 2. The molecule has 0 aliphatic heterocycles. The van der Waals surface area contributed by atoms with E-state index in [0.29, 0.717) is 0 Å². The smallest absolute Gasteiger partial charge is 0.368 e. The second-order valence-corrected chi connectivity index (χ2v) is 4.58. The van der Waals surface area contributed by atoms with Crippen molar-refractivity contribution in [2.75, 3.05) is 11.1 Å². The summed E-state index contributed by atoms with van der Waals surface area (Å²) in [5, 5.41) is 2.49. The highest BCUT2D eigenvalue weighted by atomic mass is 35.5. The zero-order valence-electron chi connectivity index (χ0n) is 9.67. The third-order valence-corrected chi connectivity index (χ3v) is 2.81. The lowest BCUT2D eigenvalue weighted by molar-refractivity contribution is -0.136. The van der Waals surface area contributed by atoms with Crippen LogP contribution in [0.5, 0.6) is 0 Å². The van der Waals surface area contributed by atoms with Crippen LogP contribution in [0.15, 0.2) is 24.4 Å². The number of rotatable bonds is 2. The molecule has 4 nitrogen and oxygen atoms in total. The quantitative estimate of drug-likeness (QED) is 0.872. The number of nitrogens with two attached hydrogens (primary N) is 1. The van der Waals surface area contributed by atoms with E-state index in [1.54, 1.807) is 0 Å². The predicted molar refractivity (Wildman–Crippen MR) is 71.2 cm³/mol. The molecule has 106 valence electrons. The third-order valence-electron chi connectivity index (χ3n) is 2.30. The first-order valence-electron chi connectivity index (χ1n) is 5.19. The number of hydrogen-bond donors (Lipinski definition) is 2. The van der Waals surface area contributed by atoms with Gasteiger partial charge in [-0.25, -0.2) is 4.98 Å². The molecule has 0 saturated carbocycles. The average molecular weight is 323 g/mol. The minimum absolute atomic E-state index is 0.0213. The van der Waals surface area contributed by atoms with Gasteiger partial charge in [-0.15, -0.1) is 0 Å². The van der Waals surface area contributed by atoms with Crippen molar-refractivity contribution >= 4 is 40.7 Å². The van der Waals surface area contributed by atoms with Gasteiger partial charge in [0.05, 0.1) is 17.4 Å². The van der Waals surface area contributed by atoms with E-state index >= 15 is 0 Å². The van der Waals surface area contributed by atoms with Crippen molar-refractivity contribution in [1.82, 2.24) is 9.97 Å². The molecule has 0 radical (unpaired) electrons. The highest BCUT2D eigenvalue weighted by Crippen LogP contribution is 2.38. The largest absolute Gasteiger partial charge is 0.418 e. The maximum absolute atomic E-state index is 12.9. The predicted octanol–water partition coefficient (Wildman–Crippen LogP) is 4.13. The highest BCUT2D eigenvalue weighted by Gasteiger charge is 2.34. The van der Waals surface area contributed by atoms with Crippen molar-refractivity contribution in [3.8, 4) is 0 Å². The third kappa shape index (κ3) is 3.23. The Kier molecular flexibility index (Phi) is 3.92. The maximum atomic E-state index is 12.9. The Labute approximate surface area is 121 Å². The lowest BCUT2D eigenvalue weighted by atomic mass is 10.1. The first-order chi connectivity index (χ1) is 9.27. The molecule has 0 atom stereocenters. The van der Waals surface area contributed by atoms with Crippen molar-refractivity contribution < 1.29 is 13.2 Å². The Morgan fingerprint density at radius 2 is 1.90 bits per heavy atom. The fourth-order valence-electron chi connectivity index (χ4n) is 1.46. The van der Waals surface area contributed by atoms with Gasteiger partial charge in [-0.1, -0.05) is 23.2 Å². The summed E-state index contributed by atoms with van der Waals surface area (Å²) >= 11 is 11.4. The number of hydrogen-bond acceptors (Lipinski definition) is 4. The monoisotopic (exact) mass is 322 g/mol. The molecule has 0 aliphatic rings. The van der Waals surface area contributed by atoms with Crippen LogP contribution in [0.25, 0.3) is 0 Å². The summed E-state index contributed by atoms with van der Waals surface area (Å²) < 4.78 is 38.8. The van der Waals surface area contributed by atoms with Gasteiger partial charge in [0.2, 0.25) is 5.95 Å². The summed E-state index contributed by atoms with van der Waals surface area (Å²) in [6, 6.07) is 3.31. The Morgan fingerprint density at radius 1 is 1.20 bits per heavy atom. The molecule has 9 heteroatoms. The molecule has 2 aromatic rings. The van der Waals surface area contributed by atoms with Gasteiger partial charge in [0, 0.05) is 5.02 Å². The molecule has 0 aliphatic carbocycles. The average Bonchev–Trinajstić information content (AvgIpc) is 2.34. The molecule has 20 heavy (non-hydrogen) atoms. The maximum Gasteiger partial charge on any atom is 0.418 e. The normalized spacial score (nSPS) is 11.4. The van der Waals surface area contributed by atoms with E-state index in [9.17, 15) is 13.2 Å². The zero-order chi connectivity index (χ0) is 14.9. The van der Waals surface area contributed by atoms with E-state index < -0.39 is 11.7 Å². The Balaban J connectivity index is 2.46. The Morgan fingerprint density at radius 3 is 2.55 bits per heavy atom. The van der Waals surface area contributed by atoms with Gasteiger partial charge in [0.1, 0.15) is 5.02 Å². The number of nitrogens with one attached hydrogen (secondary N) is 1. The van der Waals surface area contributed by atoms with Crippen molar-refractivity contribution in [3.63, 3.8) is 0 Å². The number of halogens is 5. The van der Waals surface area contributed by atoms with Crippen LogP contribution in [0.3, 0.4) is 0 Å². The number of nitrogens with zero attached hydrogens (tertiary/aromatic N) is 2. The minimum Gasteiger partial charge on any atom is -0.368 e. The van der Waals surface area contributed by atoms with Crippen LogP contribution in [-0.4, -0.2) is 9.97 Å². The standard InChI is InChI=1S/C11H7Cl2F3N4/c12-5-1-2-8(6(3-5)11(14,15)16)19-9-7(13)4-18-10(17)20-9/h1-4H,(H3,17,18,19,20). The van der Waals surface area contributed by atoms with Gasteiger partial charge in [0.25, 0.3) is 0 Å². The van der Waals surface area contributed by atoms with Gasteiger partial charge in [0.15, 0.2) is 5.82 Å². The molecule has 1 aromatic carbocycles. The summed E-state index contributed by atoms with van der Waals surface area (Å²) in [6.07, 6.45) is -3.38. The molecule has 1 heterocycles. The molecular formula is C11H7Cl2F3N4. The molecule has 0 saturated heterocycles. The van der Waals surface area contributed by atoms with Crippen molar-refractivity contribution in [3.05, 3.63) is 40.0 Å². The van der Waals surface area contributed by atoms with Gasteiger partial charge < -0.3 is 11.1 Å². The molecule has 2 rings (SSSR count). The second-order valence-electron chi connectivity index (χ2n) is 3.74. The fraction of sp³-hybridized carbons (Fsp3) is 0.0909. The van der Waals surface area contributed by atoms with E-state index in [-0.39, 0.29) is 27.5 Å². The summed E-state index contributed by atoms with van der Waals surface area (Å²) in [6.45, 7) is 0. The van der Waals surface area contributed by atoms with Crippen LogP contribution < -0.4 is 11.1 Å².